The van der Waals surface area contributed by atoms with Gasteiger partial charge in [-0.2, -0.15) is 5.10 Å². The van der Waals surface area contributed by atoms with E-state index in [4.69, 9.17) is 4.74 Å². The summed E-state index contributed by atoms with van der Waals surface area (Å²) in [7, 11) is 1.61. The number of halogens is 2. The number of ether oxygens (including phenoxy) is 1. The number of methoxy groups -OCH3 is 1. The predicted octanol–water partition coefficient (Wildman–Crippen LogP) is 4.04. The van der Waals surface area contributed by atoms with Crippen molar-refractivity contribution in [3.8, 4) is 5.75 Å². The number of nitrogens with zero attached hydrogens (tertiary/aromatic N) is 1. The fraction of sp³-hybridized carbons (Fsp3) is 0.200. The molecule has 7 heteroatoms. The Labute approximate surface area is 155 Å². The van der Waals surface area contributed by atoms with Crippen molar-refractivity contribution in [2.75, 3.05) is 12.4 Å². The molecule has 0 aliphatic carbocycles. The smallest absolute Gasteiger partial charge is 0.258 e. The number of nitrogens with one attached hydrogen (secondary N) is 2. The van der Waals surface area contributed by atoms with Gasteiger partial charge in [-0.25, -0.2) is 8.78 Å². The second-order valence-electron chi connectivity index (χ2n) is 6.10. The second-order valence-corrected chi connectivity index (χ2v) is 6.10. The van der Waals surface area contributed by atoms with Gasteiger partial charge in [0, 0.05) is 6.07 Å². The summed E-state index contributed by atoms with van der Waals surface area (Å²) < 4.78 is 32.0. The number of carbonyl (C=O) groups excluding carboxylic acids is 1. The van der Waals surface area contributed by atoms with E-state index in [-0.39, 0.29) is 5.56 Å². The summed E-state index contributed by atoms with van der Waals surface area (Å²) in [4.78, 5) is 12.4. The van der Waals surface area contributed by atoms with E-state index in [0.717, 1.165) is 23.4 Å². The highest BCUT2D eigenvalue weighted by Crippen LogP contribution is 2.22. The largest absolute Gasteiger partial charge is 0.497 e. The summed E-state index contributed by atoms with van der Waals surface area (Å²) in [6.45, 7) is 1.76. The van der Waals surface area contributed by atoms with Gasteiger partial charge in [0.25, 0.3) is 5.91 Å². The highest BCUT2D eigenvalue weighted by molar-refractivity contribution is 6.05. The maximum atomic E-state index is 13.8. The Kier molecular flexibility index (Phi) is 5.49. The summed E-state index contributed by atoms with van der Waals surface area (Å²) in [6.07, 6.45) is 1.29. The van der Waals surface area contributed by atoms with Crippen LogP contribution in [0.2, 0.25) is 0 Å². The molecule has 140 valence electrons. The monoisotopic (exact) mass is 371 g/mol. The molecule has 1 heterocycles. The first-order valence-electron chi connectivity index (χ1n) is 8.41. The molecule has 0 bridgehead atoms. The zero-order valence-electron chi connectivity index (χ0n) is 15.0. The molecule has 0 saturated heterocycles. The SMILES string of the molecule is COc1ccc(CCc2n[nH]c(C)c2NC(=O)c2ccc(F)cc2F)cc1. The van der Waals surface area contributed by atoms with Crippen LogP contribution < -0.4 is 10.1 Å². The number of aryl methyl sites for hydroxylation is 3. The van der Waals surface area contributed by atoms with E-state index >= 15 is 0 Å². The highest BCUT2D eigenvalue weighted by Gasteiger charge is 2.17. The van der Waals surface area contributed by atoms with Crippen molar-refractivity contribution in [3.63, 3.8) is 0 Å². The van der Waals surface area contributed by atoms with Crippen molar-refractivity contribution in [2.45, 2.75) is 19.8 Å². The molecular formula is C20H19F2N3O2. The maximum Gasteiger partial charge on any atom is 0.258 e. The van der Waals surface area contributed by atoms with E-state index in [9.17, 15) is 13.6 Å². The topological polar surface area (TPSA) is 67.0 Å². The third kappa shape index (κ3) is 4.31. The molecule has 5 nitrogen and oxygen atoms in total. The molecule has 0 fully saturated rings. The Bertz CT molecular complexity index is 952. The normalized spacial score (nSPS) is 10.7. The molecule has 1 aromatic heterocycles. The molecule has 2 N–H and O–H groups in total. The molecule has 3 aromatic rings. The molecule has 0 unspecified atom stereocenters. The maximum absolute atomic E-state index is 13.8. The van der Waals surface area contributed by atoms with Crippen LogP contribution in [-0.4, -0.2) is 23.2 Å². The number of carbonyl (C=O) groups is 1. The van der Waals surface area contributed by atoms with Crippen molar-refractivity contribution >= 4 is 11.6 Å². The molecular weight excluding hydrogens is 352 g/mol. The summed E-state index contributed by atoms with van der Waals surface area (Å²) in [5.41, 5.74) is 2.71. The van der Waals surface area contributed by atoms with E-state index in [1.165, 1.54) is 0 Å². The highest BCUT2D eigenvalue weighted by atomic mass is 19.1. The van der Waals surface area contributed by atoms with E-state index in [2.05, 4.69) is 15.5 Å². The zero-order valence-corrected chi connectivity index (χ0v) is 15.0. The van der Waals surface area contributed by atoms with E-state index < -0.39 is 17.5 Å². The number of benzene rings is 2. The zero-order chi connectivity index (χ0) is 19.4. The van der Waals surface area contributed by atoms with Crippen molar-refractivity contribution in [2.24, 2.45) is 0 Å². The van der Waals surface area contributed by atoms with Gasteiger partial charge in [0.1, 0.15) is 17.4 Å². The van der Waals surface area contributed by atoms with E-state index in [0.29, 0.717) is 36.0 Å². The Balaban J connectivity index is 1.73. The molecule has 3 rings (SSSR count). The molecule has 27 heavy (non-hydrogen) atoms. The van der Waals surface area contributed by atoms with Gasteiger partial charge < -0.3 is 10.1 Å². The van der Waals surface area contributed by atoms with Crippen LogP contribution in [-0.2, 0) is 12.8 Å². The second kappa shape index (κ2) is 7.99. The molecule has 0 radical (unpaired) electrons. The van der Waals surface area contributed by atoms with Crippen LogP contribution in [0.25, 0.3) is 0 Å². The van der Waals surface area contributed by atoms with Crippen LogP contribution >= 0.6 is 0 Å². The first-order chi connectivity index (χ1) is 13.0. The van der Waals surface area contributed by atoms with Crippen molar-refractivity contribution in [3.05, 3.63) is 76.6 Å². The molecule has 0 atom stereocenters. The van der Waals surface area contributed by atoms with Crippen LogP contribution in [0.1, 0.15) is 27.3 Å². The van der Waals surface area contributed by atoms with Gasteiger partial charge in [-0.15, -0.1) is 0 Å². The van der Waals surface area contributed by atoms with Gasteiger partial charge in [-0.3, -0.25) is 9.89 Å². The van der Waals surface area contributed by atoms with E-state index in [1.54, 1.807) is 14.0 Å². The first kappa shape index (κ1) is 18.6. The van der Waals surface area contributed by atoms with Crippen molar-refractivity contribution < 1.29 is 18.3 Å². The molecule has 1 amide bonds. The molecule has 0 spiro atoms. The summed E-state index contributed by atoms with van der Waals surface area (Å²) in [5, 5.41) is 9.74. The Morgan fingerprint density at radius 1 is 1.15 bits per heavy atom. The minimum atomic E-state index is -0.909. The minimum absolute atomic E-state index is 0.224. The standard InChI is InChI=1S/C20H19F2N3O2/c1-12-19(23-20(26)16-9-6-14(21)11-17(16)22)18(25-24-12)10-5-13-3-7-15(27-2)8-4-13/h3-4,6-9,11H,5,10H2,1-2H3,(H,23,26)(H,24,25). The van der Waals surface area contributed by atoms with Crippen molar-refractivity contribution in [1.82, 2.24) is 10.2 Å². The third-order valence-electron chi connectivity index (χ3n) is 4.25. The fourth-order valence-corrected chi connectivity index (χ4v) is 2.74. The summed E-state index contributed by atoms with van der Waals surface area (Å²) in [6, 6.07) is 10.5. The van der Waals surface area contributed by atoms with Gasteiger partial charge in [-0.1, -0.05) is 12.1 Å². The first-order valence-corrected chi connectivity index (χ1v) is 8.41. The summed E-state index contributed by atoms with van der Waals surface area (Å²) in [5.74, 6) is -1.51. The number of aromatic amines is 1. The lowest BCUT2D eigenvalue weighted by molar-refractivity contribution is 0.102. The lowest BCUT2D eigenvalue weighted by Crippen LogP contribution is -2.15. The van der Waals surface area contributed by atoms with Crippen LogP contribution in [0, 0.1) is 18.6 Å². The Hall–Kier alpha value is -3.22. The van der Waals surface area contributed by atoms with Gasteiger partial charge in [0.2, 0.25) is 0 Å². The quantitative estimate of drug-likeness (QED) is 0.687. The lowest BCUT2D eigenvalue weighted by Gasteiger charge is -2.08. The average molecular weight is 371 g/mol. The molecule has 2 aromatic carbocycles. The van der Waals surface area contributed by atoms with Gasteiger partial charge in [0.05, 0.1) is 29.7 Å². The number of aromatic nitrogens is 2. The average Bonchev–Trinajstić information content (AvgIpc) is 3.00. The van der Waals surface area contributed by atoms with Gasteiger partial charge in [0.15, 0.2) is 0 Å². The fourth-order valence-electron chi connectivity index (χ4n) is 2.74. The molecule has 0 saturated carbocycles. The predicted molar refractivity (Wildman–Crippen MR) is 98.0 cm³/mol. The number of H-pyrrole nitrogens is 1. The molecule has 0 aliphatic rings. The van der Waals surface area contributed by atoms with Gasteiger partial charge in [-0.05, 0) is 49.6 Å². The third-order valence-corrected chi connectivity index (χ3v) is 4.25. The lowest BCUT2D eigenvalue weighted by atomic mass is 10.1. The van der Waals surface area contributed by atoms with Crippen LogP contribution in [0.3, 0.4) is 0 Å². The Morgan fingerprint density at radius 2 is 1.89 bits per heavy atom. The number of rotatable bonds is 6. The molecule has 0 aliphatic heterocycles. The number of hydrogen-bond donors (Lipinski definition) is 2. The number of anilines is 1. The Morgan fingerprint density at radius 3 is 2.56 bits per heavy atom. The van der Waals surface area contributed by atoms with Crippen molar-refractivity contribution in [1.29, 1.82) is 0 Å². The van der Waals surface area contributed by atoms with Crippen LogP contribution in [0.15, 0.2) is 42.5 Å². The van der Waals surface area contributed by atoms with E-state index in [1.807, 2.05) is 24.3 Å². The van der Waals surface area contributed by atoms with Crippen LogP contribution in [0.4, 0.5) is 14.5 Å². The van der Waals surface area contributed by atoms with Crippen LogP contribution in [0.5, 0.6) is 5.75 Å². The minimum Gasteiger partial charge on any atom is -0.497 e. The number of amides is 1. The number of hydrogen-bond acceptors (Lipinski definition) is 3. The van der Waals surface area contributed by atoms with Gasteiger partial charge >= 0.3 is 0 Å². The summed E-state index contributed by atoms with van der Waals surface area (Å²) >= 11 is 0.